The highest BCUT2D eigenvalue weighted by atomic mass is 32.1. The third-order valence-electron chi connectivity index (χ3n) is 5.85. The lowest BCUT2D eigenvalue weighted by Gasteiger charge is -2.33. The van der Waals surface area contributed by atoms with Gasteiger partial charge in [0.2, 0.25) is 5.91 Å². The predicted molar refractivity (Wildman–Crippen MR) is 118 cm³/mol. The van der Waals surface area contributed by atoms with E-state index in [1.807, 2.05) is 39.9 Å². The number of likely N-dealkylation sites (tertiary alicyclic amines) is 1. The van der Waals surface area contributed by atoms with Crippen molar-refractivity contribution in [1.82, 2.24) is 19.7 Å². The van der Waals surface area contributed by atoms with Gasteiger partial charge in [0.1, 0.15) is 12.1 Å². The minimum Gasteiger partial charge on any atom is -0.338 e. The van der Waals surface area contributed by atoms with Crippen LogP contribution in [0.4, 0.5) is 0 Å². The van der Waals surface area contributed by atoms with Crippen LogP contribution in [0.5, 0.6) is 0 Å². The van der Waals surface area contributed by atoms with Crippen LogP contribution in [-0.4, -0.2) is 56.8 Å². The average Bonchev–Trinajstić information content (AvgIpc) is 3.07. The lowest BCUT2D eigenvalue weighted by molar-refractivity contribution is -0.135. The molecule has 1 N–H and O–H groups in total. The number of fused-ring (bicyclic) bond motifs is 1. The summed E-state index contributed by atoms with van der Waals surface area (Å²) in [6, 6.07) is 7.92. The van der Waals surface area contributed by atoms with E-state index in [-0.39, 0.29) is 29.2 Å². The molecular formula is C22H24N4O3S. The van der Waals surface area contributed by atoms with Crippen LogP contribution in [0, 0.1) is 0 Å². The van der Waals surface area contributed by atoms with Crippen LogP contribution in [0.3, 0.4) is 0 Å². The summed E-state index contributed by atoms with van der Waals surface area (Å²) in [5, 5.41) is 3.49. The number of hydrogen-bond acceptors (Lipinski definition) is 4. The van der Waals surface area contributed by atoms with Crippen LogP contribution in [0.25, 0.3) is 17.0 Å². The van der Waals surface area contributed by atoms with Crippen LogP contribution in [0.1, 0.15) is 31.7 Å². The summed E-state index contributed by atoms with van der Waals surface area (Å²) in [6.07, 6.45) is 6.62. The third kappa shape index (κ3) is 3.63. The van der Waals surface area contributed by atoms with E-state index in [0.29, 0.717) is 5.56 Å². The largest absolute Gasteiger partial charge is 0.338 e. The van der Waals surface area contributed by atoms with Gasteiger partial charge >= 0.3 is 0 Å². The van der Waals surface area contributed by atoms with Gasteiger partial charge in [-0.2, -0.15) is 0 Å². The van der Waals surface area contributed by atoms with Crippen molar-refractivity contribution in [3.05, 3.63) is 41.6 Å². The number of aromatic nitrogens is 1. The normalized spacial score (nSPS) is 21.5. The molecule has 2 saturated heterocycles. The van der Waals surface area contributed by atoms with Crippen LogP contribution >= 0.6 is 12.2 Å². The number of hydrogen-bond donors (Lipinski definition) is 1. The van der Waals surface area contributed by atoms with Gasteiger partial charge in [-0.3, -0.25) is 24.6 Å². The molecule has 8 heteroatoms. The SMILES string of the molecule is C[C@@H]1CCCCN1C(=O)Cn1cc(/C=C2/C(=O)NC(=S)N(C)C2=O)c2ccccc21. The fourth-order valence-electron chi connectivity index (χ4n) is 4.13. The Labute approximate surface area is 180 Å². The van der Waals surface area contributed by atoms with Gasteiger partial charge in [-0.05, 0) is 50.5 Å². The number of carbonyl (C=O) groups is 3. The van der Waals surface area contributed by atoms with Gasteiger partial charge in [-0.15, -0.1) is 0 Å². The minimum absolute atomic E-state index is 0.0185. The lowest BCUT2D eigenvalue weighted by Crippen LogP contribution is -2.52. The summed E-state index contributed by atoms with van der Waals surface area (Å²) in [5.41, 5.74) is 1.62. The summed E-state index contributed by atoms with van der Waals surface area (Å²) in [4.78, 5) is 41.0. The molecular weight excluding hydrogens is 400 g/mol. The quantitative estimate of drug-likeness (QED) is 0.466. The van der Waals surface area contributed by atoms with Crippen molar-refractivity contribution in [2.24, 2.45) is 0 Å². The van der Waals surface area contributed by atoms with Crippen molar-refractivity contribution < 1.29 is 14.4 Å². The van der Waals surface area contributed by atoms with E-state index >= 15 is 0 Å². The van der Waals surface area contributed by atoms with Crippen LogP contribution in [-0.2, 0) is 20.9 Å². The Bertz CT molecular complexity index is 1090. The van der Waals surface area contributed by atoms with Crippen molar-refractivity contribution in [2.75, 3.05) is 13.6 Å². The van der Waals surface area contributed by atoms with Gasteiger partial charge in [0.05, 0.1) is 0 Å². The highest BCUT2D eigenvalue weighted by molar-refractivity contribution is 7.80. The molecule has 3 heterocycles. The molecule has 156 valence electrons. The molecule has 1 atom stereocenters. The molecule has 1 aromatic carbocycles. The standard InChI is InChI=1S/C22H24N4O3S/c1-14-7-5-6-10-26(14)19(27)13-25-12-15(16-8-3-4-9-18(16)25)11-17-20(28)23-22(30)24(2)21(17)29/h3-4,8-9,11-12,14H,5-7,10,13H2,1-2H3,(H,23,28,30)/b17-11-/t14-/m1/s1. The van der Waals surface area contributed by atoms with Gasteiger partial charge in [-0.1, -0.05) is 18.2 Å². The van der Waals surface area contributed by atoms with E-state index in [1.165, 1.54) is 11.9 Å². The maximum atomic E-state index is 13.0. The zero-order valence-electron chi connectivity index (χ0n) is 17.1. The second-order valence-corrected chi connectivity index (χ2v) is 8.23. The molecule has 0 radical (unpaired) electrons. The average molecular weight is 425 g/mol. The number of benzene rings is 1. The second kappa shape index (κ2) is 8.02. The maximum absolute atomic E-state index is 13.0. The molecule has 0 saturated carbocycles. The predicted octanol–water partition coefficient (Wildman–Crippen LogP) is 2.30. The van der Waals surface area contributed by atoms with Crippen molar-refractivity contribution >= 4 is 52.0 Å². The van der Waals surface area contributed by atoms with E-state index in [2.05, 4.69) is 12.2 Å². The Morgan fingerprint density at radius 3 is 2.80 bits per heavy atom. The van der Waals surface area contributed by atoms with Gasteiger partial charge in [0.25, 0.3) is 11.8 Å². The summed E-state index contributed by atoms with van der Waals surface area (Å²) in [5.74, 6) is -0.879. The first kappa shape index (κ1) is 20.3. The Balaban J connectivity index is 1.69. The first-order chi connectivity index (χ1) is 14.4. The monoisotopic (exact) mass is 424 g/mol. The highest BCUT2D eigenvalue weighted by Gasteiger charge is 2.31. The first-order valence-corrected chi connectivity index (χ1v) is 10.5. The molecule has 0 bridgehead atoms. The van der Waals surface area contributed by atoms with Crippen molar-refractivity contribution in [1.29, 1.82) is 0 Å². The number of rotatable bonds is 3. The molecule has 30 heavy (non-hydrogen) atoms. The van der Waals surface area contributed by atoms with Crippen molar-refractivity contribution in [3.63, 3.8) is 0 Å². The number of nitrogens with zero attached hydrogens (tertiary/aromatic N) is 3. The second-order valence-electron chi connectivity index (χ2n) is 7.84. The molecule has 2 aliphatic rings. The van der Waals surface area contributed by atoms with Crippen molar-refractivity contribution in [3.8, 4) is 0 Å². The molecule has 0 unspecified atom stereocenters. The molecule has 7 nitrogen and oxygen atoms in total. The summed E-state index contributed by atoms with van der Waals surface area (Å²) in [7, 11) is 1.53. The number of likely N-dealkylation sites (N-methyl/N-ethyl adjacent to an activating group) is 1. The number of amides is 3. The number of piperidine rings is 1. The molecule has 2 aromatic rings. The lowest BCUT2D eigenvalue weighted by atomic mass is 10.0. The van der Waals surface area contributed by atoms with E-state index < -0.39 is 11.8 Å². The molecule has 0 spiro atoms. The van der Waals surface area contributed by atoms with E-state index in [0.717, 1.165) is 36.7 Å². The van der Waals surface area contributed by atoms with Gasteiger partial charge < -0.3 is 9.47 Å². The minimum atomic E-state index is -0.516. The Morgan fingerprint density at radius 2 is 2.03 bits per heavy atom. The zero-order valence-corrected chi connectivity index (χ0v) is 17.9. The van der Waals surface area contributed by atoms with E-state index in [4.69, 9.17) is 12.2 Å². The maximum Gasteiger partial charge on any atom is 0.265 e. The van der Waals surface area contributed by atoms with Gasteiger partial charge in [0.15, 0.2) is 5.11 Å². The smallest absolute Gasteiger partial charge is 0.265 e. The van der Waals surface area contributed by atoms with Gasteiger partial charge in [-0.25, -0.2) is 0 Å². The zero-order chi connectivity index (χ0) is 21.4. The fourth-order valence-corrected chi connectivity index (χ4v) is 4.30. The number of thiocarbonyl (C=S) groups is 1. The van der Waals surface area contributed by atoms with E-state index in [9.17, 15) is 14.4 Å². The van der Waals surface area contributed by atoms with Crippen molar-refractivity contribution in [2.45, 2.75) is 38.8 Å². The molecule has 1 aromatic heterocycles. The third-order valence-corrected chi connectivity index (χ3v) is 6.23. The number of nitrogens with one attached hydrogen (secondary N) is 1. The Kier molecular flexibility index (Phi) is 5.42. The molecule has 2 aliphatic heterocycles. The molecule has 0 aliphatic carbocycles. The fraction of sp³-hybridized carbons (Fsp3) is 0.364. The Morgan fingerprint density at radius 1 is 1.27 bits per heavy atom. The van der Waals surface area contributed by atoms with E-state index in [1.54, 1.807) is 6.08 Å². The summed E-state index contributed by atoms with van der Waals surface area (Å²) in [6.45, 7) is 3.10. The first-order valence-electron chi connectivity index (χ1n) is 10.1. The summed E-state index contributed by atoms with van der Waals surface area (Å²) >= 11 is 5.00. The van der Waals surface area contributed by atoms with Crippen LogP contribution < -0.4 is 5.32 Å². The number of carbonyl (C=O) groups excluding carboxylic acids is 3. The van der Waals surface area contributed by atoms with Gasteiger partial charge in [0, 0.05) is 42.3 Å². The molecule has 2 fully saturated rings. The molecule has 3 amide bonds. The van der Waals surface area contributed by atoms with Crippen LogP contribution in [0.15, 0.2) is 36.0 Å². The molecule has 4 rings (SSSR count). The van der Waals surface area contributed by atoms with Crippen LogP contribution in [0.2, 0.25) is 0 Å². The topological polar surface area (TPSA) is 74.7 Å². The summed E-state index contributed by atoms with van der Waals surface area (Å²) < 4.78 is 1.89. The Hall–Kier alpha value is -3.00. The highest BCUT2D eigenvalue weighted by Crippen LogP contribution is 2.25. The number of para-hydroxylation sites is 1.